The van der Waals surface area contributed by atoms with Crippen molar-refractivity contribution in [2.45, 2.75) is 6.92 Å². The Morgan fingerprint density at radius 3 is 2.12 bits per heavy atom. The van der Waals surface area contributed by atoms with E-state index in [1.165, 1.54) is 0 Å². The monoisotopic (exact) mass is 437 g/mol. The molecule has 2 aromatic rings. The van der Waals surface area contributed by atoms with Crippen LogP contribution in [0, 0.1) is 0 Å². The van der Waals surface area contributed by atoms with Gasteiger partial charge in [0, 0.05) is 59.3 Å². The highest BCUT2D eigenvalue weighted by molar-refractivity contribution is 5.79. The predicted molar refractivity (Wildman–Crippen MR) is 128 cm³/mol. The van der Waals surface area contributed by atoms with Gasteiger partial charge in [-0.2, -0.15) is 0 Å². The normalized spacial score (nSPS) is 17.1. The van der Waals surface area contributed by atoms with Gasteiger partial charge in [0.25, 0.3) is 0 Å². The molecule has 2 aliphatic heterocycles. The van der Waals surface area contributed by atoms with E-state index in [9.17, 15) is 4.79 Å². The summed E-state index contributed by atoms with van der Waals surface area (Å²) in [6, 6.07) is 7.84. The summed E-state index contributed by atoms with van der Waals surface area (Å²) in [5.74, 6) is 3.06. The Morgan fingerprint density at radius 2 is 1.56 bits per heavy atom. The van der Waals surface area contributed by atoms with E-state index in [0.29, 0.717) is 37.7 Å². The highest BCUT2D eigenvalue weighted by atomic mass is 16.5. The van der Waals surface area contributed by atoms with Gasteiger partial charge in [-0.05, 0) is 23.8 Å². The predicted octanol–water partition coefficient (Wildman–Crippen LogP) is 1.32. The van der Waals surface area contributed by atoms with E-state index >= 15 is 0 Å². The molecule has 32 heavy (non-hydrogen) atoms. The average Bonchev–Trinajstić information content (AvgIpc) is 2.84. The van der Waals surface area contributed by atoms with Crippen LogP contribution in [0.25, 0.3) is 12.2 Å². The number of aromatic nitrogens is 2. The summed E-state index contributed by atoms with van der Waals surface area (Å²) in [6.07, 6.45) is 3.91. The maximum Gasteiger partial charge on any atom is 0.219 e. The molecule has 3 N–H and O–H groups in total. The molecule has 0 radical (unpaired) electrons. The molecule has 9 nitrogen and oxygen atoms in total. The molecule has 0 bridgehead atoms. The second-order valence-corrected chi connectivity index (χ2v) is 7.98. The number of carbonyl (C=O) groups is 1. The van der Waals surface area contributed by atoms with Crippen LogP contribution in [0.4, 0.5) is 17.3 Å². The number of benzene rings is 1. The summed E-state index contributed by atoms with van der Waals surface area (Å²) in [4.78, 5) is 27.5. The highest BCUT2D eigenvalue weighted by Gasteiger charge is 2.25. The Labute approximate surface area is 188 Å². The first-order chi connectivity index (χ1) is 15.5. The number of nitrogens with one attached hydrogen (secondary N) is 1. The van der Waals surface area contributed by atoms with Crippen LogP contribution in [-0.4, -0.2) is 80.2 Å². The minimum absolute atomic E-state index is 0.102. The molecule has 1 amide bonds. The quantitative estimate of drug-likeness (QED) is 0.723. The van der Waals surface area contributed by atoms with E-state index in [1.54, 1.807) is 14.0 Å². The summed E-state index contributed by atoms with van der Waals surface area (Å²) in [6.45, 7) is 7.82. The van der Waals surface area contributed by atoms with Gasteiger partial charge >= 0.3 is 0 Å². The van der Waals surface area contributed by atoms with Gasteiger partial charge in [0.1, 0.15) is 11.4 Å². The molecular weight excluding hydrogens is 406 g/mol. The Bertz CT molecular complexity index is 963. The fourth-order valence-electron chi connectivity index (χ4n) is 4.01. The maximum atomic E-state index is 11.7. The molecule has 0 atom stereocenters. The third-order valence-electron chi connectivity index (χ3n) is 5.90. The number of rotatable bonds is 5. The van der Waals surface area contributed by atoms with E-state index in [4.69, 9.17) is 20.4 Å². The molecule has 0 unspecified atom stereocenters. The van der Waals surface area contributed by atoms with Crippen molar-refractivity contribution in [3.63, 3.8) is 0 Å². The number of ether oxygens (including phenoxy) is 1. The molecule has 170 valence electrons. The number of methoxy groups -OCH3 is 1. The Morgan fingerprint density at radius 1 is 0.969 bits per heavy atom. The number of nitrogens with zero attached hydrogens (tertiary/aromatic N) is 5. The molecule has 2 aliphatic rings. The van der Waals surface area contributed by atoms with Crippen molar-refractivity contribution in [3.8, 4) is 5.75 Å². The van der Waals surface area contributed by atoms with Gasteiger partial charge in [-0.1, -0.05) is 18.2 Å². The summed E-state index contributed by atoms with van der Waals surface area (Å²) in [5.41, 5.74) is 8.24. The SMILES string of the molecule is COc1ccc(C=Cc2nc(N3CCNCC3)c(N)c(N3CCN(C(C)=O)CC3)n2)cc1. The number of amides is 1. The van der Waals surface area contributed by atoms with Gasteiger partial charge in [-0.3, -0.25) is 4.79 Å². The number of carbonyl (C=O) groups excluding carboxylic acids is 1. The van der Waals surface area contributed by atoms with Crippen molar-refractivity contribution in [3.05, 3.63) is 35.7 Å². The molecule has 9 heteroatoms. The van der Waals surface area contributed by atoms with E-state index in [-0.39, 0.29) is 5.91 Å². The molecular formula is C23H31N7O2. The van der Waals surface area contributed by atoms with Crippen molar-refractivity contribution < 1.29 is 9.53 Å². The Hall–Kier alpha value is -3.33. The fourth-order valence-corrected chi connectivity index (χ4v) is 4.01. The molecule has 1 aromatic carbocycles. The summed E-state index contributed by atoms with van der Waals surface area (Å²) in [7, 11) is 1.66. The van der Waals surface area contributed by atoms with Gasteiger partial charge < -0.3 is 30.5 Å². The lowest BCUT2D eigenvalue weighted by Gasteiger charge is -2.36. The highest BCUT2D eigenvalue weighted by Crippen LogP contribution is 2.31. The van der Waals surface area contributed by atoms with Crippen LogP contribution in [0.3, 0.4) is 0 Å². The van der Waals surface area contributed by atoms with Crippen molar-refractivity contribution in [1.29, 1.82) is 0 Å². The smallest absolute Gasteiger partial charge is 0.219 e. The first kappa shape index (κ1) is 21.9. The van der Waals surface area contributed by atoms with Crippen molar-refractivity contribution in [2.24, 2.45) is 0 Å². The van der Waals surface area contributed by atoms with Gasteiger partial charge in [-0.15, -0.1) is 0 Å². The largest absolute Gasteiger partial charge is 0.497 e. The van der Waals surface area contributed by atoms with Gasteiger partial charge in [0.15, 0.2) is 17.5 Å². The van der Waals surface area contributed by atoms with E-state index in [2.05, 4.69) is 15.1 Å². The van der Waals surface area contributed by atoms with Crippen molar-refractivity contribution >= 4 is 35.4 Å². The lowest BCUT2D eigenvalue weighted by Crippen LogP contribution is -2.49. The number of hydrogen-bond acceptors (Lipinski definition) is 8. The number of piperazine rings is 2. The topological polar surface area (TPSA) is 99.8 Å². The van der Waals surface area contributed by atoms with Crippen LogP contribution in [-0.2, 0) is 4.79 Å². The minimum Gasteiger partial charge on any atom is -0.497 e. The first-order valence-electron chi connectivity index (χ1n) is 11.0. The molecule has 1 aromatic heterocycles. The first-order valence-corrected chi connectivity index (χ1v) is 11.0. The van der Waals surface area contributed by atoms with Gasteiger partial charge in [-0.25, -0.2) is 9.97 Å². The molecule has 0 saturated carbocycles. The zero-order chi connectivity index (χ0) is 22.5. The molecule has 2 fully saturated rings. The second-order valence-electron chi connectivity index (χ2n) is 7.98. The number of nitrogens with two attached hydrogens (primary N) is 1. The van der Waals surface area contributed by atoms with Crippen LogP contribution < -0.4 is 25.6 Å². The summed E-state index contributed by atoms with van der Waals surface area (Å²) in [5, 5.41) is 3.37. The van der Waals surface area contributed by atoms with Crippen molar-refractivity contribution in [1.82, 2.24) is 20.2 Å². The minimum atomic E-state index is 0.102. The second kappa shape index (κ2) is 9.86. The third-order valence-corrected chi connectivity index (χ3v) is 5.90. The van der Waals surface area contributed by atoms with E-state index in [0.717, 1.165) is 49.1 Å². The Balaban J connectivity index is 1.63. The van der Waals surface area contributed by atoms with E-state index in [1.807, 2.05) is 41.3 Å². The van der Waals surface area contributed by atoms with Gasteiger partial charge in [0.05, 0.1) is 7.11 Å². The lowest BCUT2D eigenvalue weighted by molar-refractivity contribution is -0.129. The zero-order valence-electron chi connectivity index (χ0n) is 18.8. The fraction of sp³-hybridized carbons (Fsp3) is 0.435. The summed E-state index contributed by atoms with van der Waals surface area (Å²) >= 11 is 0. The van der Waals surface area contributed by atoms with E-state index < -0.39 is 0 Å². The average molecular weight is 438 g/mol. The number of anilines is 3. The molecule has 2 saturated heterocycles. The number of nitrogen functional groups attached to an aromatic ring is 1. The molecule has 0 spiro atoms. The molecule has 3 heterocycles. The Kier molecular flexibility index (Phi) is 6.75. The third kappa shape index (κ3) is 4.94. The van der Waals surface area contributed by atoms with Crippen molar-refractivity contribution in [2.75, 3.05) is 75.0 Å². The van der Waals surface area contributed by atoms with Crippen LogP contribution >= 0.6 is 0 Å². The van der Waals surface area contributed by atoms with Crippen LogP contribution in [0.15, 0.2) is 24.3 Å². The molecule has 4 rings (SSSR count). The lowest BCUT2D eigenvalue weighted by atomic mass is 10.2. The summed E-state index contributed by atoms with van der Waals surface area (Å²) < 4.78 is 5.23. The number of hydrogen-bond donors (Lipinski definition) is 2. The zero-order valence-corrected chi connectivity index (χ0v) is 18.8. The van der Waals surface area contributed by atoms with Crippen LogP contribution in [0.2, 0.25) is 0 Å². The standard InChI is InChI=1S/C23H31N7O2/c1-17(31)28-13-15-30(16-14-28)23-21(24)22(29-11-9-25-10-12-29)26-20(27-23)8-5-18-3-6-19(32-2)7-4-18/h3-8,25H,9-16,24H2,1-2H3. The molecule has 0 aliphatic carbocycles. The van der Waals surface area contributed by atoms with Crippen LogP contribution in [0.5, 0.6) is 5.75 Å². The van der Waals surface area contributed by atoms with Crippen LogP contribution in [0.1, 0.15) is 18.3 Å². The van der Waals surface area contributed by atoms with Gasteiger partial charge in [0.2, 0.25) is 5.91 Å². The maximum absolute atomic E-state index is 11.7.